The molecule has 1 amide bonds. The molecule has 0 aliphatic carbocycles. The second kappa shape index (κ2) is 12.0. The van der Waals surface area contributed by atoms with E-state index in [1.165, 1.54) is 16.8 Å². The Bertz CT molecular complexity index is 1500. The third-order valence-electron chi connectivity index (χ3n) is 6.15. The van der Waals surface area contributed by atoms with Crippen LogP contribution >= 0.6 is 0 Å². The van der Waals surface area contributed by atoms with Gasteiger partial charge in [-0.25, -0.2) is 13.1 Å². The summed E-state index contributed by atoms with van der Waals surface area (Å²) < 4.78 is 36.8. The monoisotopic (exact) mass is 557 g/mol. The number of amides is 1. The number of aromatic nitrogens is 2. The molecule has 2 aromatic carbocycles. The Morgan fingerprint density at radius 2 is 1.82 bits per heavy atom. The SMILES string of the molecule is CCC(C)NS(=O)(=O)c1cc([N+](=O)[O-])ccc1Oc1c(C)c(C(=O)NCC(C)C)nn1-c1cc(C)ccc1C. The topological polar surface area (TPSA) is 145 Å². The second-order valence-corrected chi connectivity index (χ2v) is 11.7. The van der Waals surface area contributed by atoms with E-state index in [2.05, 4.69) is 15.1 Å². The highest BCUT2D eigenvalue weighted by Gasteiger charge is 2.29. The molecule has 1 heterocycles. The molecule has 0 saturated carbocycles. The molecule has 0 radical (unpaired) electrons. The Morgan fingerprint density at radius 1 is 1.13 bits per heavy atom. The summed E-state index contributed by atoms with van der Waals surface area (Å²) in [6.07, 6.45) is 0.512. The van der Waals surface area contributed by atoms with Crippen molar-refractivity contribution < 1.29 is 22.9 Å². The minimum atomic E-state index is -4.20. The highest BCUT2D eigenvalue weighted by atomic mass is 32.2. The molecule has 0 saturated heterocycles. The van der Waals surface area contributed by atoms with Crippen molar-refractivity contribution in [1.29, 1.82) is 0 Å². The number of nitrogens with one attached hydrogen (secondary N) is 2. The van der Waals surface area contributed by atoms with Crippen LogP contribution in [0, 0.1) is 36.8 Å². The fourth-order valence-corrected chi connectivity index (χ4v) is 5.20. The standard InChI is InChI=1S/C27H35N5O6S/c1-8-19(6)30-39(36,37)24-14-21(32(34)35)11-12-23(24)38-27-20(7)25(26(33)28-15-16(2)3)29-31(27)22-13-17(4)9-10-18(22)5/h9-14,16,19,30H,8,15H2,1-7H3,(H,28,33). The molecule has 1 aromatic heterocycles. The average molecular weight is 558 g/mol. The van der Waals surface area contributed by atoms with Gasteiger partial charge in [0.15, 0.2) is 5.69 Å². The van der Waals surface area contributed by atoms with E-state index < -0.39 is 37.5 Å². The lowest BCUT2D eigenvalue weighted by molar-refractivity contribution is -0.385. The van der Waals surface area contributed by atoms with Crippen molar-refractivity contribution in [3.05, 3.63) is 68.9 Å². The summed E-state index contributed by atoms with van der Waals surface area (Å²) in [6, 6.07) is 8.67. The third-order valence-corrected chi connectivity index (χ3v) is 7.76. The first kappa shape index (κ1) is 29.8. The summed E-state index contributed by atoms with van der Waals surface area (Å²) in [5.74, 6) is -0.200. The van der Waals surface area contributed by atoms with Crippen LogP contribution in [0.25, 0.3) is 5.69 Å². The number of nitro groups is 1. The first-order valence-corrected chi connectivity index (χ1v) is 14.2. The summed E-state index contributed by atoms with van der Waals surface area (Å²) in [6.45, 7) is 13.3. The zero-order valence-electron chi connectivity index (χ0n) is 23.2. The summed E-state index contributed by atoms with van der Waals surface area (Å²) in [7, 11) is -4.20. The highest BCUT2D eigenvalue weighted by molar-refractivity contribution is 7.89. The number of nitro benzene ring substituents is 1. The molecule has 12 heteroatoms. The molecule has 11 nitrogen and oxygen atoms in total. The molecular weight excluding hydrogens is 522 g/mol. The molecule has 3 rings (SSSR count). The highest BCUT2D eigenvalue weighted by Crippen LogP contribution is 2.36. The Kier molecular flexibility index (Phi) is 9.13. The quantitative estimate of drug-likeness (QED) is 0.250. The summed E-state index contributed by atoms with van der Waals surface area (Å²) in [5.41, 5.74) is 2.53. The molecule has 39 heavy (non-hydrogen) atoms. The van der Waals surface area contributed by atoms with E-state index in [-0.39, 0.29) is 23.2 Å². The third kappa shape index (κ3) is 6.82. The van der Waals surface area contributed by atoms with Crippen molar-refractivity contribution in [2.45, 2.75) is 65.8 Å². The van der Waals surface area contributed by atoms with Gasteiger partial charge in [-0.1, -0.05) is 32.9 Å². The number of sulfonamides is 1. The molecular formula is C27H35N5O6S. The molecule has 1 unspecified atom stereocenters. The number of carbonyl (C=O) groups excluding carboxylic acids is 1. The van der Waals surface area contributed by atoms with Crippen LogP contribution < -0.4 is 14.8 Å². The van der Waals surface area contributed by atoms with Gasteiger partial charge >= 0.3 is 0 Å². The minimum absolute atomic E-state index is 0.118. The van der Waals surface area contributed by atoms with E-state index >= 15 is 0 Å². The zero-order valence-corrected chi connectivity index (χ0v) is 24.0. The van der Waals surface area contributed by atoms with Gasteiger partial charge in [0.25, 0.3) is 11.6 Å². The van der Waals surface area contributed by atoms with E-state index in [0.717, 1.165) is 17.2 Å². The van der Waals surface area contributed by atoms with E-state index in [1.807, 2.05) is 52.8 Å². The number of hydrogen-bond acceptors (Lipinski definition) is 7. The van der Waals surface area contributed by atoms with Crippen LogP contribution in [-0.4, -0.2) is 41.6 Å². The molecule has 0 spiro atoms. The van der Waals surface area contributed by atoms with Gasteiger partial charge in [-0.3, -0.25) is 14.9 Å². The van der Waals surface area contributed by atoms with Gasteiger partial charge in [-0.05, 0) is 63.3 Å². The number of non-ortho nitro benzene ring substituents is 1. The summed E-state index contributed by atoms with van der Waals surface area (Å²) in [4.78, 5) is 23.5. The maximum Gasteiger partial charge on any atom is 0.272 e. The molecule has 0 fully saturated rings. The van der Waals surface area contributed by atoms with Crippen LogP contribution in [-0.2, 0) is 10.0 Å². The molecule has 1 atom stereocenters. The van der Waals surface area contributed by atoms with Crippen LogP contribution in [0.15, 0.2) is 41.3 Å². The Labute approximate surface area is 228 Å². The number of nitrogens with zero attached hydrogens (tertiary/aromatic N) is 3. The minimum Gasteiger partial charge on any atom is -0.437 e. The second-order valence-electron chi connectivity index (χ2n) is 10.0. The van der Waals surface area contributed by atoms with Gasteiger partial charge in [0, 0.05) is 30.3 Å². The predicted molar refractivity (Wildman–Crippen MR) is 148 cm³/mol. The van der Waals surface area contributed by atoms with E-state index in [0.29, 0.717) is 24.2 Å². The van der Waals surface area contributed by atoms with Crippen molar-refractivity contribution in [3.63, 3.8) is 0 Å². The maximum atomic E-state index is 13.3. The number of benzene rings is 2. The van der Waals surface area contributed by atoms with Crippen LogP contribution in [0.2, 0.25) is 0 Å². The lowest BCUT2D eigenvalue weighted by atomic mass is 10.1. The van der Waals surface area contributed by atoms with Crippen molar-refractivity contribution >= 4 is 21.6 Å². The van der Waals surface area contributed by atoms with E-state index in [4.69, 9.17) is 4.74 Å². The lowest BCUT2D eigenvalue weighted by Crippen LogP contribution is -2.32. The molecule has 210 valence electrons. The fourth-order valence-electron chi connectivity index (χ4n) is 3.73. The molecule has 0 aliphatic heterocycles. The van der Waals surface area contributed by atoms with Gasteiger partial charge in [-0.2, -0.15) is 9.78 Å². The lowest BCUT2D eigenvalue weighted by Gasteiger charge is -2.17. The van der Waals surface area contributed by atoms with Crippen LogP contribution in [0.3, 0.4) is 0 Å². The largest absolute Gasteiger partial charge is 0.437 e. The Morgan fingerprint density at radius 3 is 2.44 bits per heavy atom. The van der Waals surface area contributed by atoms with Crippen LogP contribution in [0.5, 0.6) is 11.6 Å². The van der Waals surface area contributed by atoms with Crippen molar-refractivity contribution in [1.82, 2.24) is 19.8 Å². The normalized spacial score (nSPS) is 12.4. The number of carbonyl (C=O) groups is 1. The smallest absolute Gasteiger partial charge is 0.272 e. The van der Waals surface area contributed by atoms with Gasteiger partial charge in [0.1, 0.15) is 10.6 Å². The maximum absolute atomic E-state index is 13.3. The fraction of sp³-hybridized carbons (Fsp3) is 0.407. The van der Waals surface area contributed by atoms with Crippen molar-refractivity contribution in [3.8, 4) is 17.3 Å². The van der Waals surface area contributed by atoms with Crippen LogP contribution in [0.1, 0.15) is 61.3 Å². The van der Waals surface area contributed by atoms with Crippen molar-refractivity contribution in [2.24, 2.45) is 5.92 Å². The number of ether oxygens (including phenoxy) is 1. The zero-order chi connectivity index (χ0) is 29.1. The predicted octanol–water partition coefficient (Wildman–Crippen LogP) is 4.96. The molecule has 0 aliphatic rings. The number of rotatable bonds is 11. The van der Waals surface area contributed by atoms with Crippen molar-refractivity contribution in [2.75, 3.05) is 6.54 Å². The van der Waals surface area contributed by atoms with E-state index in [9.17, 15) is 23.3 Å². The van der Waals surface area contributed by atoms with Gasteiger partial charge in [0.2, 0.25) is 15.9 Å². The first-order valence-electron chi connectivity index (χ1n) is 12.7. The Hall–Kier alpha value is -3.77. The number of hydrogen-bond donors (Lipinski definition) is 2. The Balaban J connectivity index is 2.23. The summed E-state index contributed by atoms with van der Waals surface area (Å²) in [5, 5.41) is 18.9. The van der Waals surface area contributed by atoms with E-state index in [1.54, 1.807) is 13.8 Å². The number of aryl methyl sites for hydroxylation is 2. The van der Waals surface area contributed by atoms with Crippen LogP contribution in [0.4, 0.5) is 5.69 Å². The first-order chi connectivity index (χ1) is 18.2. The van der Waals surface area contributed by atoms with Gasteiger partial charge in [0.05, 0.1) is 10.6 Å². The molecule has 0 bridgehead atoms. The summed E-state index contributed by atoms with van der Waals surface area (Å²) >= 11 is 0. The average Bonchev–Trinajstić information content (AvgIpc) is 3.19. The van der Waals surface area contributed by atoms with Gasteiger partial charge < -0.3 is 10.1 Å². The van der Waals surface area contributed by atoms with Gasteiger partial charge in [-0.15, -0.1) is 0 Å². The molecule has 3 aromatic rings. The molecule has 2 N–H and O–H groups in total.